The Kier molecular flexibility index (Phi) is 6.77. The summed E-state index contributed by atoms with van der Waals surface area (Å²) in [5.41, 5.74) is 4.03. The Balaban J connectivity index is 0.00000259. The van der Waals surface area contributed by atoms with Gasteiger partial charge in [0, 0.05) is 31.0 Å². The minimum atomic E-state index is -0.0131. The summed E-state index contributed by atoms with van der Waals surface area (Å²) in [6.45, 7) is 5.56. The highest BCUT2D eigenvalue weighted by molar-refractivity contribution is 7.22. The molecule has 2 heterocycles. The minimum absolute atomic E-state index is 0. The van der Waals surface area contributed by atoms with Crippen LogP contribution in [0.2, 0.25) is 0 Å². The summed E-state index contributed by atoms with van der Waals surface area (Å²) in [7, 11) is 0. The predicted molar refractivity (Wildman–Crippen MR) is 139 cm³/mol. The molecule has 0 N–H and O–H groups in total. The highest BCUT2D eigenvalue weighted by atomic mass is 35.5. The second kappa shape index (κ2) is 9.73. The number of rotatable bonds is 6. The lowest BCUT2D eigenvalue weighted by atomic mass is 10.0. The first-order valence-corrected chi connectivity index (χ1v) is 11.5. The van der Waals surface area contributed by atoms with E-state index in [1.54, 1.807) is 23.9 Å². The first-order chi connectivity index (χ1) is 15.6. The van der Waals surface area contributed by atoms with E-state index in [-0.39, 0.29) is 18.3 Å². The molecule has 0 bridgehead atoms. The molecule has 0 saturated carbocycles. The van der Waals surface area contributed by atoms with Crippen molar-refractivity contribution in [3.63, 3.8) is 0 Å². The van der Waals surface area contributed by atoms with Gasteiger partial charge in [0.05, 0.1) is 16.5 Å². The number of hydrogen-bond donors (Lipinski definition) is 0. The second-order valence-electron chi connectivity index (χ2n) is 8.06. The van der Waals surface area contributed by atoms with Gasteiger partial charge < -0.3 is 4.57 Å². The van der Waals surface area contributed by atoms with Crippen molar-refractivity contribution in [1.29, 1.82) is 0 Å². The lowest BCUT2D eigenvalue weighted by Crippen LogP contribution is -2.32. The molecule has 0 aliphatic rings. The number of aryl methyl sites for hydroxylation is 3. The molecule has 168 valence electrons. The van der Waals surface area contributed by atoms with Gasteiger partial charge in [-0.2, -0.15) is 0 Å². The number of benzene rings is 3. The number of fused-ring (bicyclic) bond motifs is 2. The van der Waals surface area contributed by atoms with Gasteiger partial charge in [-0.25, -0.2) is 9.97 Å². The van der Waals surface area contributed by atoms with Gasteiger partial charge in [0.1, 0.15) is 0 Å². The summed E-state index contributed by atoms with van der Waals surface area (Å²) in [6.07, 6.45) is 6.33. The van der Waals surface area contributed by atoms with Gasteiger partial charge >= 0.3 is 0 Å². The highest BCUT2D eigenvalue weighted by Gasteiger charge is 2.23. The van der Waals surface area contributed by atoms with Crippen LogP contribution in [-0.4, -0.2) is 27.0 Å². The fraction of sp³-hybridized carbons (Fsp3) is 0.192. The predicted octanol–water partition coefficient (Wildman–Crippen LogP) is 6.42. The molecular weight excluding hydrogens is 452 g/mol. The Morgan fingerprint density at radius 3 is 2.73 bits per heavy atom. The third-order valence-electron chi connectivity index (χ3n) is 5.66. The fourth-order valence-corrected chi connectivity index (χ4v) is 5.19. The average Bonchev–Trinajstić information content (AvgIpc) is 3.46. The normalized spacial score (nSPS) is 11.0. The summed E-state index contributed by atoms with van der Waals surface area (Å²) >= 11 is 1.59. The molecule has 0 radical (unpaired) electrons. The Morgan fingerprint density at radius 1 is 1.09 bits per heavy atom. The Morgan fingerprint density at radius 2 is 1.91 bits per heavy atom. The van der Waals surface area contributed by atoms with E-state index < -0.39 is 0 Å². The number of thiazole rings is 1. The first kappa shape index (κ1) is 23.0. The summed E-state index contributed by atoms with van der Waals surface area (Å²) in [5.74, 6) is -0.0131. The van der Waals surface area contributed by atoms with E-state index in [4.69, 9.17) is 4.98 Å². The van der Waals surface area contributed by atoms with E-state index in [1.165, 1.54) is 11.1 Å². The van der Waals surface area contributed by atoms with Crippen molar-refractivity contribution in [3.05, 3.63) is 90.0 Å². The zero-order valence-corrected chi connectivity index (χ0v) is 20.2. The molecule has 0 aliphatic carbocycles. The number of nitrogens with zero attached hydrogens (tertiary/aromatic N) is 4. The molecule has 5 nitrogen and oxygen atoms in total. The van der Waals surface area contributed by atoms with E-state index in [2.05, 4.69) is 31.0 Å². The molecule has 0 fully saturated rings. The lowest BCUT2D eigenvalue weighted by Gasteiger charge is -2.21. The Labute approximate surface area is 203 Å². The van der Waals surface area contributed by atoms with Crippen LogP contribution in [-0.2, 0) is 6.54 Å². The third kappa shape index (κ3) is 4.63. The van der Waals surface area contributed by atoms with Crippen molar-refractivity contribution in [2.75, 3.05) is 11.4 Å². The maximum atomic E-state index is 13.9. The highest BCUT2D eigenvalue weighted by Crippen LogP contribution is 2.33. The molecule has 2 aromatic heterocycles. The number of imidazole rings is 1. The topological polar surface area (TPSA) is 51.0 Å². The molecule has 0 atom stereocenters. The van der Waals surface area contributed by atoms with Gasteiger partial charge in [0.25, 0.3) is 5.91 Å². The van der Waals surface area contributed by atoms with Crippen LogP contribution >= 0.6 is 23.7 Å². The molecule has 1 amide bonds. The zero-order chi connectivity index (χ0) is 22.1. The molecule has 5 aromatic rings. The number of amides is 1. The van der Waals surface area contributed by atoms with Gasteiger partial charge in [0.15, 0.2) is 5.13 Å². The quantitative estimate of drug-likeness (QED) is 0.284. The van der Waals surface area contributed by atoms with Crippen LogP contribution in [0.4, 0.5) is 5.13 Å². The lowest BCUT2D eigenvalue weighted by molar-refractivity contribution is 0.0988. The fourth-order valence-electron chi connectivity index (χ4n) is 4.15. The van der Waals surface area contributed by atoms with E-state index in [9.17, 15) is 4.79 Å². The first-order valence-electron chi connectivity index (χ1n) is 10.7. The molecule has 0 spiro atoms. The van der Waals surface area contributed by atoms with Crippen molar-refractivity contribution in [2.45, 2.75) is 26.8 Å². The van der Waals surface area contributed by atoms with Gasteiger partial charge in [-0.3, -0.25) is 9.69 Å². The van der Waals surface area contributed by atoms with E-state index in [1.807, 2.05) is 58.1 Å². The molecule has 5 rings (SSSR count). The number of aromatic nitrogens is 3. The van der Waals surface area contributed by atoms with Crippen molar-refractivity contribution in [1.82, 2.24) is 14.5 Å². The number of halogens is 1. The van der Waals surface area contributed by atoms with Crippen LogP contribution in [0.25, 0.3) is 21.0 Å². The van der Waals surface area contributed by atoms with Crippen molar-refractivity contribution in [2.24, 2.45) is 0 Å². The number of carbonyl (C=O) groups is 1. The monoisotopic (exact) mass is 476 g/mol. The molecule has 0 unspecified atom stereocenters. The summed E-state index contributed by atoms with van der Waals surface area (Å²) in [5, 5.41) is 2.78. The number of carbonyl (C=O) groups excluding carboxylic acids is 1. The maximum absolute atomic E-state index is 13.9. The van der Waals surface area contributed by atoms with E-state index in [0.717, 1.165) is 39.1 Å². The molecule has 0 saturated heterocycles. The van der Waals surface area contributed by atoms with Gasteiger partial charge in [-0.05, 0) is 54.3 Å². The molecule has 7 heteroatoms. The number of hydrogen-bond acceptors (Lipinski definition) is 4. The number of anilines is 1. The van der Waals surface area contributed by atoms with Crippen LogP contribution in [0.15, 0.2) is 73.3 Å². The van der Waals surface area contributed by atoms with E-state index in [0.29, 0.717) is 12.1 Å². The molecule has 33 heavy (non-hydrogen) atoms. The molecule has 0 aliphatic heterocycles. The summed E-state index contributed by atoms with van der Waals surface area (Å²) in [6, 6.07) is 18.2. The Bertz CT molecular complexity index is 1410. The summed E-state index contributed by atoms with van der Waals surface area (Å²) in [4.78, 5) is 24.7. The third-order valence-corrected chi connectivity index (χ3v) is 6.89. The van der Waals surface area contributed by atoms with Crippen LogP contribution < -0.4 is 4.90 Å². The largest absolute Gasteiger partial charge is 0.337 e. The second-order valence-corrected chi connectivity index (χ2v) is 9.04. The van der Waals surface area contributed by atoms with Gasteiger partial charge in [-0.1, -0.05) is 53.8 Å². The van der Waals surface area contributed by atoms with Gasteiger partial charge in [-0.15, -0.1) is 12.4 Å². The molecule has 3 aromatic carbocycles. The van der Waals surface area contributed by atoms with Crippen LogP contribution in [0, 0.1) is 13.8 Å². The van der Waals surface area contributed by atoms with Crippen LogP contribution in [0.1, 0.15) is 27.9 Å². The van der Waals surface area contributed by atoms with Gasteiger partial charge in [0.2, 0.25) is 0 Å². The van der Waals surface area contributed by atoms with Crippen molar-refractivity contribution in [3.8, 4) is 0 Å². The summed E-state index contributed by atoms with van der Waals surface area (Å²) < 4.78 is 3.17. The average molecular weight is 477 g/mol. The molecular formula is C26H25ClN4OS. The SMILES string of the molecule is Cc1cc(C)c2sc(N(CCCn3ccnc3)C(=O)c3cccc4ccccc34)nc2c1.Cl. The zero-order valence-electron chi connectivity index (χ0n) is 18.6. The van der Waals surface area contributed by atoms with Crippen molar-refractivity contribution >= 4 is 55.8 Å². The standard InChI is InChI=1S/C26H24N4OS.ClH/c1-18-15-19(2)24-23(16-18)28-26(32-24)30(13-6-12-29-14-11-27-17-29)25(31)22-10-5-8-20-7-3-4-9-21(20)22;/h3-5,7-11,14-17H,6,12-13H2,1-2H3;1H. The van der Waals surface area contributed by atoms with Crippen LogP contribution in [0.5, 0.6) is 0 Å². The van der Waals surface area contributed by atoms with Crippen LogP contribution in [0.3, 0.4) is 0 Å². The van der Waals surface area contributed by atoms with E-state index >= 15 is 0 Å². The minimum Gasteiger partial charge on any atom is -0.337 e. The van der Waals surface area contributed by atoms with Crippen molar-refractivity contribution < 1.29 is 4.79 Å². The Hall–Kier alpha value is -3.22. The maximum Gasteiger partial charge on any atom is 0.260 e. The smallest absolute Gasteiger partial charge is 0.260 e.